The van der Waals surface area contributed by atoms with Gasteiger partial charge in [0.15, 0.2) is 0 Å². The van der Waals surface area contributed by atoms with Gasteiger partial charge in [0, 0.05) is 25.0 Å². The zero-order chi connectivity index (χ0) is 30.2. The Kier molecular flexibility index (Phi) is 12.0. The Morgan fingerprint density at radius 1 is 1.05 bits per heavy atom. The van der Waals surface area contributed by atoms with Crippen LogP contribution < -0.4 is 10.1 Å². The molecule has 3 aliphatic rings. The molecule has 8 nitrogen and oxygen atoms in total. The molecule has 1 aromatic carbocycles. The van der Waals surface area contributed by atoms with Crippen molar-refractivity contribution in [2.24, 2.45) is 17.3 Å². The Labute approximate surface area is 252 Å². The van der Waals surface area contributed by atoms with E-state index in [-0.39, 0.29) is 24.1 Å². The van der Waals surface area contributed by atoms with Crippen molar-refractivity contribution in [3.8, 4) is 5.75 Å². The summed E-state index contributed by atoms with van der Waals surface area (Å²) in [6, 6.07) is 6.15. The molecular formula is C33H52NO7P. The van der Waals surface area contributed by atoms with Gasteiger partial charge in [-0.3, -0.25) is 9.36 Å². The summed E-state index contributed by atoms with van der Waals surface area (Å²) in [5.74, 6) is 2.29. The average Bonchev–Trinajstić information content (AvgIpc) is 3.27. The van der Waals surface area contributed by atoms with Gasteiger partial charge in [-0.05, 0) is 98.8 Å². The lowest BCUT2D eigenvalue weighted by molar-refractivity contribution is -0.157. The topological polar surface area (TPSA) is 111 Å². The van der Waals surface area contributed by atoms with Crippen molar-refractivity contribution in [1.82, 2.24) is 5.32 Å². The van der Waals surface area contributed by atoms with Crippen LogP contribution in [0, 0.1) is 17.3 Å². The molecule has 1 amide bonds. The summed E-state index contributed by atoms with van der Waals surface area (Å²) in [5.41, 5.74) is 2.77. The second-order valence-electron chi connectivity index (χ2n) is 13.1. The average molecular weight is 606 g/mol. The molecule has 0 saturated heterocycles. The number of aryl methyl sites for hydroxylation is 1. The Morgan fingerprint density at radius 2 is 1.83 bits per heavy atom. The van der Waals surface area contributed by atoms with Gasteiger partial charge in [-0.15, -0.1) is 0 Å². The van der Waals surface area contributed by atoms with E-state index in [9.17, 15) is 14.2 Å². The minimum Gasteiger partial charge on any atom is -0.462 e. The lowest BCUT2D eigenvalue weighted by Crippen LogP contribution is -2.45. The van der Waals surface area contributed by atoms with E-state index in [0.29, 0.717) is 42.9 Å². The summed E-state index contributed by atoms with van der Waals surface area (Å²) in [5, 5.41) is 2.82. The molecule has 1 unspecified atom stereocenters. The summed E-state index contributed by atoms with van der Waals surface area (Å²) in [6.07, 6.45) is 14.3. The zero-order valence-electron chi connectivity index (χ0n) is 25.9. The van der Waals surface area contributed by atoms with Gasteiger partial charge in [0.2, 0.25) is 0 Å². The van der Waals surface area contributed by atoms with Gasteiger partial charge in [-0.25, -0.2) is 4.79 Å². The van der Waals surface area contributed by atoms with Crippen LogP contribution in [-0.2, 0) is 25.0 Å². The second-order valence-corrected chi connectivity index (χ2v) is 14.9. The van der Waals surface area contributed by atoms with Crippen LogP contribution in [0.1, 0.15) is 121 Å². The predicted molar refractivity (Wildman–Crippen MR) is 164 cm³/mol. The van der Waals surface area contributed by atoms with Crippen molar-refractivity contribution < 1.29 is 33.0 Å². The van der Waals surface area contributed by atoms with Gasteiger partial charge in [0.1, 0.15) is 11.9 Å². The van der Waals surface area contributed by atoms with Crippen molar-refractivity contribution >= 4 is 19.7 Å². The summed E-state index contributed by atoms with van der Waals surface area (Å²) in [7, 11) is -3.40. The van der Waals surface area contributed by atoms with Gasteiger partial charge in [0.25, 0.3) is 0 Å². The van der Waals surface area contributed by atoms with Crippen molar-refractivity contribution in [2.45, 2.75) is 122 Å². The number of unbranched alkanes of at least 4 members (excludes halogenated alkanes) is 6. The van der Waals surface area contributed by atoms with Gasteiger partial charge in [0.05, 0.1) is 6.61 Å². The molecule has 9 heteroatoms. The van der Waals surface area contributed by atoms with E-state index in [1.165, 1.54) is 30.6 Å². The van der Waals surface area contributed by atoms with Crippen molar-refractivity contribution in [3.63, 3.8) is 0 Å². The monoisotopic (exact) mass is 605 g/mol. The number of hydrogen-bond donors (Lipinski definition) is 2. The van der Waals surface area contributed by atoms with Crippen molar-refractivity contribution in [1.29, 1.82) is 0 Å². The molecule has 0 aromatic heterocycles. The Balaban J connectivity index is 1.22. The molecule has 0 bridgehead atoms. The third-order valence-electron chi connectivity index (χ3n) is 10.0. The number of amides is 1. The van der Waals surface area contributed by atoms with Crippen LogP contribution in [0.25, 0.3) is 0 Å². The van der Waals surface area contributed by atoms with E-state index in [0.717, 1.165) is 70.6 Å². The number of carbonyl (C=O) groups excluding carboxylic acids is 2. The molecule has 236 valence electrons. The highest BCUT2D eigenvalue weighted by Gasteiger charge is 2.56. The maximum absolute atomic E-state index is 12.6. The minimum absolute atomic E-state index is 0.00928. The lowest BCUT2D eigenvalue weighted by Gasteiger charge is -2.50. The van der Waals surface area contributed by atoms with Crippen molar-refractivity contribution in [2.75, 3.05) is 19.8 Å². The van der Waals surface area contributed by atoms with Gasteiger partial charge < -0.3 is 24.2 Å². The lowest BCUT2D eigenvalue weighted by atomic mass is 9.55. The first-order valence-corrected chi connectivity index (χ1v) is 18.4. The maximum atomic E-state index is 12.6. The number of ether oxygens (including phenoxy) is 2. The van der Waals surface area contributed by atoms with E-state index in [1.54, 1.807) is 0 Å². The van der Waals surface area contributed by atoms with Crippen LogP contribution in [0.4, 0.5) is 4.79 Å². The zero-order valence-corrected chi connectivity index (χ0v) is 26.8. The molecular weight excluding hydrogens is 553 g/mol. The van der Waals surface area contributed by atoms with E-state index in [2.05, 4.69) is 25.2 Å². The first-order valence-electron chi connectivity index (χ1n) is 16.3. The highest BCUT2D eigenvalue weighted by Crippen LogP contribution is 2.61. The van der Waals surface area contributed by atoms with Crippen LogP contribution in [-0.4, -0.2) is 42.9 Å². The molecule has 1 aromatic rings. The molecule has 4 rings (SSSR count). The third-order valence-corrected chi connectivity index (χ3v) is 10.7. The van der Waals surface area contributed by atoms with E-state index in [1.807, 2.05) is 12.1 Å². The fourth-order valence-electron chi connectivity index (χ4n) is 7.83. The number of carbonyl (C=O) groups is 2. The Morgan fingerprint density at radius 3 is 2.62 bits per heavy atom. The van der Waals surface area contributed by atoms with Crippen LogP contribution in [0.5, 0.6) is 5.75 Å². The summed E-state index contributed by atoms with van der Waals surface area (Å²) >= 11 is 0. The second kappa shape index (κ2) is 15.2. The van der Waals surface area contributed by atoms with E-state index >= 15 is 0 Å². The number of hydrogen-bond acceptors (Lipinski definition) is 6. The van der Waals surface area contributed by atoms with Gasteiger partial charge in [-0.2, -0.15) is 0 Å². The molecule has 2 N–H and O–H groups in total. The SMILES string of the molecule is CCCCCCC(=O)O[C@H]1CC[C@H]2[C@@H]3CCc4cc(OC(=O)NCCCCCCOP(C)(=O)O)ccc4[C@H]3CC[C@]12C. The smallest absolute Gasteiger partial charge is 0.412 e. The van der Waals surface area contributed by atoms with Crippen LogP contribution in [0.15, 0.2) is 18.2 Å². The molecule has 42 heavy (non-hydrogen) atoms. The van der Waals surface area contributed by atoms with Crippen LogP contribution >= 0.6 is 7.60 Å². The molecule has 3 aliphatic carbocycles. The van der Waals surface area contributed by atoms with Gasteiger partial charge in [-0.1, -0.05) is 52.0 Å². The number of nitrogens with one attached hydrogen (secondary N) is 1. The summed E-state index contributed by atoms with van der Waals surface area (Å²) in [4.78, 5) is 34.1. The molecule has 0 aliphatic heterocycles. The number of esters is 1. The van der Waals surface area contributed by atoms with Crippen LogP contribution in [0.2, 0.25) is 0 Å². The molecule has 0 spiro atoms. The van der Waals surface area contributed by atoms with E-state index < -0.39 is 13.7 Å². The first-order chi connectivity index (χ1) is 20.1. The van der Waals surface area contributed by atoms with E-state index in [4.69, 9.17) is 18.9 Å². The normalized spacial score (nSPS) is 27.7. The first kappa shape index (κ1) is 33.0. The molecule has 2 saturated carbocycles. The third kappa shape index (κ3) is 8.83. The molecule has 0 radical (unpaired) electrons. The quantitative estimate of drug-likeness (QED) is 0.119. The largest absolute Gasteiger partial charge is 0.462 e. The number of fused-ring (bicyclic) bond motifs is 5. The minimum atomic E-state index is -3.40. The molecule has 2 fully saturated rings. The fraction of sp³-hybridized carbons (Fsp3) is 0.758. The summed E-state index contributed by atoms with van der Waals surface area (Å²) in [6.45, 7) is 6.54. The van der Waals surface area contributed by atoms with Gasteiger partial charge >= 0.3 is 19.7 Å². The maximum Gasteiger partial charge on any atom is 0.412 e. The van der Waals surface area contributed by atoms with Crippen molar-refractivity contribution in [3.05, 3.63) is 29.3 Å². The van der Waals surface area contributed by atoms with Crippen LogP contribution in [0.3, 0.4) is 0 Å². The number of benzene rings is 1. The Hall–Kier alpha value is -1.89. The fourth-order valence-corrected chi connectivity index (χ4v) is 8.30. The summed E-state index contributed by atoms with van der Waals surface area (Å²) < 4.78 is 27.7. The highest BCUT2D eigenvalue weighted by molar-refractivity contribution is 7.51. The number of rotatable bonds is 15. The highest BCUT2D eigenvalue weighted by atomic mass is 31.2. The standard InChI is InChI=1S/C33H52NO7P/c1-4-5-6-9-12-31(35)41-30-18-17-29-28-15-13-24-23-25(14-16-26(24)27(28)19-20-33(29,30)2)40-32(36)34-21-10-7-8-11-22-39-42(3,37)38/h14,16,23,27-30H,4-13,15,17-22H2,1-3H3,(H,34,36)(H,37,38)/t27-,28-,29+,30+,33+/m1/s1. The molecule has 6 atom stereocenters. The predicted octanol–water partition coefficient (Wildman–Crippen LogP) is 7.91. The Bertz CT molecular complexity index is 1100. The molecule has 0 heterocycles.